The number of aryl methyl sites for hydroxylation is 1. The van der Waals surface area contributed by atoms with E-state index in [2.05, 4.69) is 15.6 Å². The molecule has 0 aliphatic heterocycles. The topological polar surface area (TPSA) is 62.7 Å². The van der Waals surface area contributed by atoms with Gasteiger partial charge < -0.3 is 15.4 Å². The third kappa shape index (κ3) is 7.63. The number of carbonyl (C=O) groups excluding carboxylic acids is 1. The molecule has 1 aromatic carbocycles. The maximum Gasteiger partial charge on any atom is 0.305 e. The lowest BCUT2D eigenvalue weighted by Crippen LogP contribution is -2.38. The molecule has 0 atom stereocenters. The van der Waals surface area contributed by atoms with E-state index in [1.54, 1.807) is 14.0 Å². The normalized spacial score (nSPS) is 11.2. The van der Waals surface area contributed by atoms with E-state index in [0.29, 0.717) is 38.5 Å². The second kappa shape index (κ2) is 10.6. The summed E-state index contributed by atoms with van der Waals surface area (Å²) in [5, 5.41) is 6.35. The second-order valence-electron chi connectivity index (χ2n) is 5.16. The molecule has 5 nitrogen and oxygen atoms in total. The number of esters is 1. The molecule has 0 heterocycles. The molecule has 1 rings (SSSR count). The van der Waals surface area contributed by atoms with E-state index < -0.39 is 0 Å². The summed E-state index contributed by atoms with van der Waals surface area (Å²) in [5.41, 5.74) is 2.06. The molecule has 0 saturated carbocycles. The van der Waals surface area contributed by atoms with Crippen LogP contribution in [-0.4, -0.2) is 38.7 Å². The van der Waals surface area contributed by atoms with Gasteiger partial charge in [0.25, 0.3) is 0 Å². The van der Waals surface area contributed by atoms with Crippen molar-refractivity contribution in [3.8, 4) is 0 Å². The molecule has 2 N–H and O–H groups in total. The summed E-state index contributed by atoms with van der Waals surface area (Å²) in [7, 11) is 1.70. The number of carbonyl (C=O) groups is 1. The molecule has 0 unspecified atom stereocenters. The van der Waals surface area contributed by atoms with Crippen molar-refractivity contribution in [1.82, 2.24) is 10.6 Å². The zero-order valence-corrected chi connectivity index (χ0v) is 14.1. The third-order valence-electron chi connectivity index (χ3n) is 3.37. The van der Waals surface area contributed by atoms with Crippen LogP contribution in [0.3, 0.4) is 0 Å². The number of benzene rings is 1. The summed E-state index contributed by atoms with van der Waals surface area (Å²) in [6, 6.07) is 4.82. The van der Waals surface area contributed by atoms with Gasteiger partial charge in [-0.1, -0.05) is 6.07 Å². The molecular formula is C17H26FN3O2. The number of aliphatic imine (C=N–C) groups is 1. The van der Waals surface area contributed by atoms with Gasteiger partial charge in [-0.3, -0.25) is 9.79 Å². The predicted molar refractivity (Wildman–Crippen MR) is 90.1 cm³/mol. The maximum absolute atomic E-state index is 13.1. The van der Waals surface area contributed by atoms with Crippen LogP contribution in [0.25, 0.3) is 0 Å². The Kier molecular flexibility index (Phi) is 8.72. The summed E-state index contributed by atoms with van der Waals surface area (Å²) >= 11 is 0. The molecule has 0 radical (unpaired) electrons. The van der Waals surface area contributed by atoms with Crippen LogP contribution in [0.15, 0.2) is 23.2 Å². The molecule has 0 aliphatic carbocycles. The molecule has 0 bridgehead atoms. The highest BCUT2D eigenvalue weighted by molar-refractivity contribution is 5.79. The van der Waals surface area contributed by atoms with Crippen molar-refractivity contribution in [2.75, 3.05) is 26.7 Å². The van der Waals surface area contributed by atoms with E-state index in [9.17, 15) is 9.18 Å². The van der Waals surface area contributed by atoms with Crippen molar-refractivity contribution >= 4 is 11.9 Å². The van der Waals surface area contributed by atoms with E-state index in [4.69, 9.17) is 4.74 Å². The van der Waals surface area contributed by atoms with Gasteiger partial charge in [0, 0.05) is 26.6 Å². The van der Waals surface area contributed by atoms with E-state index in [0.717, 1.165) is 17.5 Å². The zero-order chi connectivity index (χ0) is 17.1. The summed E-state index contributed by atoms with van der Waals surface area (Å²) in [6.45, 7) is 5.46. The van der Waals surface area contributed by atoms with Gasteiger partial charge in [-0.05, 0) is 49.9 Å². The maximum atomic E-state index is 13.1. The van der Waals surface area contributed by atoms with Crippen LogP contribution >= 0.6 is 0 Å². The van der Waals surface area contributed by atoms with Gasteiger partial charge in [0.2, 0.25) is 0 Å². The number of halogens is 1. The van der Waals surface area contributed by atoms with Crippen molar-refractivity contribution in [2.24, 2.45) is 4.99 Å². The Labute approximate surface area is 137 Å². The first-order valence-corrected chi connectivity index (χ1v) is 7.92. The Morgan fingerprint density at radius 2 is 2.04 bits per heavy atom. The first-order chi connectivity index (χ1) is 11.1. The molecule has 128 valence electrons. The highest BCUT2D eigenvalue weighted by atomic mass is 19.1. The van der Waals surface area contributed by atoms with Gasteiger partial charge in [-0.15, -0.1) is 0 Å². The predicted octanol–water partition coefficient (Wildman–Crippen LogP) is 2.18. The lowest BCUT2D eigenvalue weighted by atomic mass is 10.1. The molecule has 6 heteroatoms. The number of rotatable bonds is 8. The number of hydrogen-bond donors (Lipinski definition) is 2. The first kappa shape index (κ1) is 18.9. The summed E-state index contributed by atoms with van der Waals surface area (Å²) in [4.78, 5) is 15.3. The van der Waals surface area contributed by atoms with Crippen LogP contribution in [0.5, 0.6) is 0 Å². The van der Waals surface area contributed by atoms with Crippen molar-refractivity contribution in [3.63, 3.8) is 0 Å². The number of nitrogens with one attached hydrogen (secondary N) is 2. The zero-order valence-electron chi connectivity index (χ0n) is 14.1. The van der Waals surface area contributed by atoms with Gasteiger partial charge in [-0.2, -0.15) is 0 Å². The fraction of sp³-hybridized carbons (Fsp3) is 0.529. The number of nitrogens with zero attached hydrogens (tertiary/aromatic N) is 1. The van der Waals surface area contributed by atoms with Gasteiger partial charge in [0.05, 0.1) is 6.61 Å². The quantitative estimate of drug-likeness (QED) is 0.333. The lowest BCUT2D eigenvalue weighted by molar-refractivity contribution is -0.143. The molecule has 0 spiro atoms. The van der Waals surface area contributed by atoms with Crippen LogP contribution in [0.2, 0.25) is 0 Å². The minimum atomic E-state index is -0.210. The molecule has 1 aromatic rings. The molecule has 0 fully saturated rings. The number of hydrogen-bond acceptors (Lipinski definition) is 3. The Hall–Kier alpha value is -2.11. The highest BCUT2D eigenvalue weighted by Gasteiger charge is 2.03. The molecule has 0 aromatic heterocycles. The Morgan fingerprint density at radius 3 is 2.70 bits per heavy atom. The average molecular weight is 323 g/mol. The van der Waals surface area contributed by atoms with Crippen LogP contribution < -0.4 is 10.6 Å². The molecular weight excluding hydrogens is 297 g/mol. The SMILES string of the molecule is CCOC(=O)CCCNC(=NC)NCCc1ccc(F)cc1C. The lowest BCUT2D eigenvalue weighted by Gasteiger charge is -2.12. The van der Waals surface area contributed by atoms with E-state index >= 15 is 0 Å². The Morgan fingerprint density at radius 1 is 1.30 bits per heavy atom. The Balaban J connectivity index is 2.25. The standard InChI is InChI=1S/C17H26FN3O2/c1-4-23-16(22)6-5-10-20-17(19-3)21-11-9-14-7-8-15(18)12-13(14)2/h7-8,12H,4-6,9-11H2,1-3H3,(H2,19,20,21). The van der Waals surface area contributed by atoms with Crippen molar-refractivity contribution in [2.45, 2.75) is 33.1 Å². The third-order valence-corrected chi connectivity index (χ3v) is 3.37. The van der Waals surface area contributed by atoms with E-state index in [1.807, 2.05) is 13.0 Å². The molecule has 0 saturated heterocycles. The molecule has 0 amide bonds. The monoisotopic (exact) mass is 323 g/mol. The van der Waals surface area contributed by atoms with Crippen molar-refractivity contribution in [1.29, 1.82) is 0 Å². The minimum absolute atomic E-state index is 0.177. The van der Waals surface area contributed by atoms with Crippen LogP contribution in [0, 0.1) is 12.7 Å². The average Bonchev–Trinajstić information content (AvgIpc) is 2.52. The van der Waals surface area contributed by atoms with Crippen LogP contribution in [-0.2, 0) is 16.0 Å². The largest absolute Gasteiger partial charge is 0.466 e. The minimum Gasteiger partial charge on any atom is -0.466 e. The van der Waals surface area contributed by atoms with Crippen LogP contribution in [0.1, 0.15) is 30.9 Å². The summed E-state index contributed by atoms with van der Waals surface area (Å²) in [5.74, 6) is 0.302. The molecule has 23 heavy (non-hydrogen) atoms. The van der Waals surface area contributed by atoms with E-state index in [1.165, 1.54) is 12.1 Å². The second-order valence-corrected chi connectivity index (χ2v) is 5.16. The fourth-order valence-electron chi connectivity index (χ4n) is 2.15. The number of guanidine groups is 1. The van der Waals surface area contributed by atoms with Gasteiger partial charge in [0.1, 0.15) is 5.82 Å². The van der Waals surface area contributed by atoms with Gasteiger partial charge >= 0.3 is 5.97 Å². The smallest absolute Gasteiger partial charge is 0.305 e. The van der Waals surface area contributed by atoms with Crippen LogP contribution in [0.4, 0.5) is 4.39 Å². The van der Waals surface area contributed by atoms with E-state index in [-0.39, 0.29) is 11.8 Å². The molecule has 0 aliphatic rings. The van der Waals surface area contributed by atoms with Gasteiger partial charge in [0.15, 0.2) is 5.96 Å². The Bertz CT molecular complexity index is 533. The first-order valence-electron chi connectivity index (χ1n) is 7.92. The van der Waals surface area contributed by atoms with Gasteiger partial charge in [-0.25, -0.2) is 4.39 Å². The summed E-state index contributed by atoms with van der Waals surface area (Å²) in [6.07, 6.45) is 1.87. The highest BCUT2D eigenvalue weighted by Crippen LogP contribution is 2.10. The van der Waals surface area contributed by atoms with Crippen molar-refractivity contribution in [3.05, 3.63) is 35.1 Å². The number of ether oxygens (including phenoxy) is 1. The summed E-state index contributed by atoms with van der Waals surface area (Å²) < 4.78 is 17.9. The fourth-order valence-corrected chi connectivity index (χ4v) is 2.15. The van der Waals surface area contributed by atoms with Crippen molar-refractivity contribution < 1.29 is 13.9 Å².